The van der Waals surface area contributed by atoms with Crippen molar-refractivity contribution in [3.63, 3.8) is 0 Å². The average Bonchev–Trinajstić information content (AvgIpc) is 2.32. The molecule has 0 amide bonds. The zero-order chi connectivity index (χ0) is 9.38. The number of hydrogen-bond donors (Lipinski definition) is 0. The van der Waals surface area contributed by atoms with E-state index >= 15 is 0 Å². The lowest BCUT2D eigenvalue weighted by atomic mass is 9.83. The van der Waals surface area contributed by atoms with Crippen LogP contribution in [0.2, 0.25) is 0 Å². The molecule has 3 nitrogen and oxygen atoms in total. The van der Waals surface area contributed by atoms with E-state index in [1.807, 2.05) is 0 Å². The minimum Gasteiger partial charge on any atom is -0.379 e. The molecule has 4 fully saturated rings. The Morgan fingerprint density at radius 3 is 2.21 bits per heavy atom. The van der Waals surface area contributed by atoms with Gasteiger partial charge in [-0.15, -0.1) is 0 Å². The number of piperidine rings is 3. The van der Waals surface area contributed by atoms with Gasteiger partial charge in [-0.25, -0.2) is 0 Å². The van der Waals surface area contributed by atoms with Crippen LogP contribution in [0.25, 0.3) is 0 Å². The SMILES string of the molecule is C1CN(C2CN3CCC2CC3)CCO1. The highest BCUT2D eigenvalue weighted by Gasteiger charge is 2.37. The Labute approximate surface area is 86.0 Å². The molecule has 0 aromatic heterocycles. The molecule has 4 saturated heterocycles. The van der Waals surface area contributed by atoms with Crippen LogP contribution in [0.4, 0.5) is 0 Å². The summed E-state index contributed by atoms with van der Waals surface area (Å²) in [6, 6.07) is 0.849. The molecule has 4 aliphatic heterocycles. The lowest BCUT2D eigenvalue weighted by molar-refractivity contribution is -0.0437. The second kappa shape index (κ2) is 3.80. The predicted molar refractivity (Wildman–Crippen MR) is 55.3 cm³/mol. The van der Waals surface area contributed by atoms with E-state index in [0.717, 1.165) is 38.3 Å². The van der Waals surface area contributed by atoms with E-state index in [1.165, 1.54) is 32.5 Å². The van der Waals surface area contributed by atoms with E-state index in [4.69, 9.17) is 4.74 Å². The van der Waals surface area contributed by atoms with E-state index in [-0.39, 0.29) is 0 Å². The minimum atomic E-state index is 0.849. The van der Waals surface area contributed by atoms with Gasteiger partial charge in [0.25, 0.3) is 0 Å². The summed E-state index contributed by atoms with van der Waals surface area (Å²) >= 11 is 0. The Balaban J connectivity index is 1.66. The van der Waals surface area contributed by atoms with E-state index in [1.54, 1.807) is 0 Å². The van der Waals surface area contributed by atoms with Crippen molar-refractivity contribution in [2.45, 2.75) is 18.9 Å². The predicted octanol–water partition coefficient (Wildman–Crippen LogP) is 0.413. The zero-order valence-electron chi connectivity index (χ0n) is 8.82. The molecule has 0 radical (unpaired) electrons. The molecule has 0 aromatic carbocycles. The summed E-state index contributed by atoms with van der Waals surface area (Å²) in [7, 11) is 0. The first-order valence-electron chi connectivity index (χ1n) is 5.97. The summed E-state index contributed by atoms with van der Waals surface area (Å²) in [5.74, 6) is 0.984. The first-order chi connectivity index (χ1) is 6.93. The molecule has 14 heavy (non-hydrogen) atoms. The Morgan fingerprint density at radius 1 is 0.929 bits per heavy atom. The largest absolute Gasteiger partial charge is 0.379 e. The summed E-state index contributed by atoms with van der Waals surface area (Å²) in [6.45, 7) is 8.25. The maximum absolute atomic E-state index is 5.42. The van der Waals surface area contributed by atoms with Crippen LogP contribution in [-0.2, 0) is 4.74 Å². The number of morpholine rings is 1. The van der Waals surface area contributed by atoms with Gasteiger partial charge in [-0.05, 0) is 31.8 Å². The summed E-state index contributed by atoms with van der Waals surface area (Å²) in [4.78, 5) is 5.31. The molecule has 80 valence electrons. The van der Waals surface area contributed by atoms with Crippen molar-refractivity contribution in [3.8, 4) is 0 Å². The van der Waals surface area contributed by atoms with Crippen molar-refractivity contribution in [1.29, 1.82) is 0 Å². The standard InChI is InChI=1S/C11H20N2O/c1-3-12-4-2-10(1)11(9-12)13-5-7-14-8-6-13/h10-11H,1-9H2. The highest BCUT2D eigenvalue weighted by atomic mass is 16.5. The fourth-order valence-corrected chi connectivity index (χ4v) is 3.26. The molecule has 1 unspecified atom stereocenters. The first kappa shape index (κ1) is 9.13. The third kappa shape index (κ3) is 1.58. The summed E-state index contributed by atoms with van der Waals surface area (Å²) < 4.78 is 5.42. The lowest BCUT2D eigenvalue weighted by Crippen LogP contribution is -2.59. The molecule has 0 aliphatic carbocycles. The Kier molecular flexibility index (Phi) is 2.48. The monoisotopic (exact) mass is 196 g/mol. The maximum atomic E-state index is 5.42. The second-order valence-electron chi connectivity index (χ2n) is 4.85. The molecule has 1 atom stereocenters. The molecule has 3 heteroatoms. The molecule has 4 aliphatic rings. The van der Waals surface area contributed by atoms with Crippen molar-refractivity contribution < 1.29 is 4.74 Å². The molecule has 0 spiro atoms. The van der Waals surface area contributed by atoms with Crippen molar-refractivity contribution in [2.24, 2.45) is 5.92 Å². The van der Waals surface area contributed by atoms with Crippen LogP contribution in [-0.4, -0.2) is 61.8 Å². The first-order valence-corrected chi connectivity index (χ1v) is 5.97. The van der Waals surface area contributed by atoms with Crippen LogP contribution < -0.4 is 0 Å². The van der Waals surface area contributed by atoms with E-state index in [2.05, 4.69) is 9.80 Å². The van der Waals surface area contributed by atoms with Gasteiger partial charge in [0.15, 0.2) is 0 Å². The van der Waals surface area contributed by atoms with Gasteiger partial charge in [0, 0.05) is 25.7 Å². The molecule has 0 saturated carbocycles. The van der Waals surface area contributed by atoms with E-state index in [0.29, 0.717) is 0 Å². The van der Waals surface area contributed by atoms with Crippen LogP contribution >= 0.6 is 0 Å². The van der Waals surface area contributed by atoms with Crippen LogP contribution in [0.15, 0.2) is 0 Å². The Hall–Kier alpha value is -0.120. The summed E-state index contributed by atoms with van der Waals surface area (Å²) in [6.07, 6.45) is 2.87. The molecule has 0 aromatic rings. The van der Waals surface area contributed by atoms with E-state index in [9.17, 15) is 0 Å². The Morgan fingerprint density at radius 2 is 1.64 bits per heavy atom. The lowest BCUT2D eigenvalue weighted by Gasteiger charge is -2.49. The smallest absolute Gasteiger partial charge is 0.0594 e. The molecular formula is C11H20N2O. The summed E-state index contributed by atoms with van der Waals surface area (Å²) in [5.41, 5.74) is 0. The highest BCUT2D eigenvalue weighted by Crippen LogP contribution is 2.31. The van der Waals surface area contributed by atoms with Crippen LogP contribution in [0.5, 0.6) is 0 Å². The molecule has 4 heterocycles. The van der Waals surface area contributed by atoms with Crippen LogP contribution in [0.1, 0.15) is 12.8 Å². The molecule has 4 rings (SSSR count). The van der Waals surface area contributed by atoms with Gasteiger partial charge in [-0.3, -0.25) is 4.90 Å². The average molecular weight is 196 g/mol. The number of fused-ring (bicyclic) bond motifs is 3. The van der Waals surface area contributed by atoms with Crippen molar-refractivity contribution >= 4 is 0 Å². The summed E-state index contributed by atoms with van der Waals surface area (Å²) in [5, 5.41) is 0. The van der Waals surface area contributed by atoms with E-state index < -0.39 is 0 Å². The van der Waals surface area contributed by atoms with Gasteiger partial charge >= 0.3 is 0 Å². The van der Waals surface area contributed by atoms with Crippen molar-refractivity contribution in [3.05, 3.63) is 0 Å². The van der Waals surface area contributed by atoms with Gasteiger partial charge in [-0.1, -0.05) is 0 Å². The number of ether oxygens (including phenoxy) is 1. The fraction of sp³-hybridized carbons (Fsp3) is 1.00. The third-order valence-electron chi connectivity index (χ3n) is 4.14. The van der Waals surface area contributed by atoms with Gasteiger partial charge < -0.3 is 9.64 Å². The molecular weight excluding hydrogens is 176 g/mol. The van der Waals surface area contributed by atoms with Crippen LogP contribution in [0, 0.1) is 5.92 Å². The van der Waals surface area contributed by atoms with Gasteiger partial charge in [0.1, 0.15) is 0 Å². The molecule has 0 N–H and O–H groups in total. The third-order valence-corrected chi connectivity index (χ3v) is 4.14. The van der Waals surface area contributed by atoms with Gasteiger partial charge in [-0.2, -0.15) is 0 Å². The quantitative estimate of drug-likeness (QED) is 0.604. The maximum Gasteiger partial charge on any atom is 0.0594 e. The second-order valence-corrected chi connectivity index (χ2v) is 4.85. The number of nitrogens with zero attached hydrogens (tertiary/aromatic N) is 2. The molecule has 2 bridgehead atoms. The van der Waals surface area contributed by atoms with Crippen LogP contribution in [0.3, 0.4) is 0 Å². The normalized spacial score (nSPS) is 44.1. The van der Waals surface area contributed by atoms with Crippen molar-refractivity contribution in [1.82, 2.24) is 9.80 Å². The Bertz CT molecular complexity index is 195. The zero-order valence-corrected chi connectivity index (χ0v) is 8.82. The topological polar surface area (TPSA) is 15.7 Å². The number of rotatable bonds is 1. The number of hydrogen-bond acceptors (Lipinski definition) is 3. The minimum absolute atomic E-state index is 0.849. The van der Waals surface area contributed by atoms with Gasteiger partial charge in [0.2, 0.25) is 0 Å². The fourth-order valence-electron chi connectivity index (χ4n) is 3.26. The highest BCUT2D eigenvalue weighted by molar-refractivity contribution is 4.92. The van der Waals surface area contributed by atoms with Crippen molar-refractivity contribution in [2.75, 3.05) is 45.9 Å². The van der Waals surface area contributed by atoms with Gasteiger partial charge in [0.05, 0.1) is 13.2 Å².